The maximum atomic E-state index is 10.6. The third-order valence-electron chi connectivity index (χ3n) is 3.42. The van der Waals surface area contributed by atoms with Gasteiger partial charge >= 0.3 is 12.1 Å². The summed E-state index contributed by atoms with van der Waals surface area (Å²) in [4.78, 5) is 17.6. The van der Waals surface area contributed by atoms with Gasteiger partial charge in [0.05, 0.1) is 5.01 Å². The van der Waals surface area contributed by atoms with E-state index in [0.29, 0.717) is 6.04 Å². The van der Waals surface area contributed by atoms with Gasteiger partial charge in [-0.05, 0) is 44.2 Å². The number of alkyl halides is 3. The lowest BCUT2D eigenvalue weighted by molar-refractivity contribution is -0.192. The molecule has 138 valence electrons. The number of thiazole rings is 1. The predicted octanol–water partition coefficient (Wildman–Crippen LogP) is 3.84. The van der Waals surface area contributed by atoms with Crippen LogP contribution in [0.3, 0.4) is 0 Å². The predicted molar refractivity (Wildman–Crippen MR) is 92.0 cm³/mol. The molecule has 0 aromatic carbocycles. The van der Waals surface area contributed by atoms with Crippen LogP contribution >= 0.6 is 11.3 Å². The molecule has 2 aromatic heterocycles. The number of nitrogens with zero attached hydrogens (tertiary/aromatic N) is 2. The Morgan fingerprint density at radius 2 is 2.04 bits per heavy atom. The first-order valence-electron chi connectivity index (χ1n) is 7.71. The normalized spacial score (nSPS) is 13.5. The van der Waals surface area contributed by atoms with Crippen molar-refractivity contribution in [1.29, 1.82) is 0 Å². The number of carboxylic acids is 1. The second kappa shape index (κ2) is 8.67. The van der Waals surface area contributed by atoms with Crippen LogP contribution in [0, 0.1) is 18.8 Å². The average Bonchev–Trinajstić information content (AvgIpc) is 2.95. The smallest absolute Gasteiger partial charge is 0.475 e. The Kier molecular flexibility index (Phi) is 6.58. The summed E-state index contributed by atoms with van der Waals surface area (Å²) in [5, 5.41) is 13.6. The summed E-state index contributed by atoms with van der Waals surface area (Å²) in [6.07, 6.45) is 0.570. The van der Waals surface area contributed by atoms with E-state index in [-0.39, 0.29) is 0 Å². The first kappa shape index (κ1) is 19.7. The maximum Gasteiger partial charge on any atom is 0.490 e. The molecule has 0 spiro atoms. The van der Waals surface area contributed by atoms with Crippen molar-refractivity contribution >= 4 is 23.1 Å². The van der Waals surface area contributed by atoms with Crippen molar-refractivity contribution < 1.29 is 23.1 Å². The highest BCUT2D eigenvalue weighted by Crippen LogP contribution is 2.22. The topological polar surface area (TPSA) is 75.1 Å². The molecule has 1 aliphatic carbocycles. The van der Waals surface area contributed by atoms with Gasteiger partial charge in [-0.1, -0.05) is 5.92 Å². The Morgan fingerprint density at radius 3 is 2.46 bits per heavy atom. The first-order chi connectivity index (χ1) is 12.2. The van der Waals surface area contributed by atoms with Crippen LogP contribution in [0.4, 0.5) is 19.0 Å². The fourth-order valence-electron chi connectivity index (χ4n) is 1.87. The molecular weight excluding hydrogens is 367 g/mol. The molecule has 0 amide bonds. The van der Waals surface area contributed by atoms with E-state index >= 15 is 0 Å². The number of halogens is 3. The summed E-state index contributed by atoms with van der Waals surface area (Å²) in [5.41, 5.74) is 1.75. The standard InChI is InChI=1S/C15H15N3S.C2HF3O2/c1-11-17-14(10-19-11)7-5-12-6-8-15(16-9-12)18-13-3-2-4-13;3-2(4,5)1(6)7/h6,8-10,13H,2-4H2,1H3,(H,16,18);(H,6,7). The fraction of sp³-hybridized carbons (Fsp3) is 0.353. The molecular formula is C17H16F3N3O2S. The number of nitrogens with one attached hydrogen (secondary N) is 1. The maximum absolute atomic E-state index is 10.6. The van der Waals surface area contributed by atoms with E-state index in [2.05, 4.69) is 27.1 Å². The number of aromatic nitrogens is 2. The van der Waals surface area contributed by atoms with Gasteiger partial charge in [0, 0.05) is 23.2 Å². The number of rotatable bonds is 2. The van der Waals surface area contributed by atoms with Crippen LogP contribution in [0.5, 0.6) is 0 Å². The van der Waals surface area contributed by atoms with Gasteiger partial charge in [0.25, 0.3) is 0 Å². The van der Waals surface area contributed by atoms with E-state index in [1.54, 1.807) is 11.3 Å². The SMILES string of the molecule is Cc1nc(C#Cc2ccc(NC3CCC3)nc2)cs1.O=C(O)C(F)(F)F. The van der Waals surface area contributed by atoms with Crippen molar-refractivity contribution in [2.45, 2.75) is 38.4 Å². The number of carbonyl (C=O) groups is 1. The number of aliphatic carboxylic acids is 1. The lowest BCUT2D eigenvalue weighted by Gasteiger charge is -2.26. The molecule has 2 heterocycles. The third kappa shape index (κ3) is 6.37. The van der Waals surface area contributed by atoms with Gasteiger partial charge in [0.1, 0.15) is 11.5 Å². The zero-order valence-electron chi connectivity index (χ0n) is 13.8. The molecule has 3 rings (SSSR count). The lowest BCUT2D eigenvalue weighted by Crippen LogP contribution is -2.27. The summed E-state index contributed by atoms with van der Waals surface area (Å²) in [6.45, 7) is 1.98. The van der Waals surface area contributed by atoms with Crippen LogP contribution < -0.4 is 5.32 Å². The van der Waals surface area contributed by atoms with E-state index in [4.69, 9.17) is 9.90 Å². The quantitative estimate of drug-likeness (QED) is 0.771. The van der Waals surface area contributed by atoms with E-state index in [1.807, 2.05) is 30.6 Å². The summed E-state index contributed by atoms with van der Waals surface area (Å²) < 4.78 is 31.7. The minimum Gasteiger partial charge on any atom is -0.475 e. The molecule has 9 heteroatoms. The largest absolute Gasteiger partial charge is 0.490 e. The van der Waals surface area contributed by atoms with Gasteiger partial charge in [-0.2, -0.15) is 13.2 Å². The zero-order valence-corrected chi connectivity index (χ0v) is 14.6. The second-order valence-corrected chi connectivity index (χ2v) is 6.57. The van der Waals surface area contributed by atoms with Gasteiger partial charge in [0.2, 0.25) is 0 Å². The Balaban J connectivity index is 0.000000298. The zero-order chi connectivity index (χ0) is 19.2. The Labute approximate surface area is 152 Å². The molecule has 0 aliphatic heterocycles. The highest BCUT2D eigenvalue weighted by atomic mass is 32.1. The molecule has 2 aromatic rings. The Morgan fingerprint density at radius 1 is 1.35 bits per heavy atom. The summed E-state index contributed by atoms with van der Waals surface area (Å²) in [5.74, 6) is 4.33. The van der Waals surface area contributed by atoms with Gasteiger partial charge in [-0.15, -0.1) is 11.3 Å². The van der Waals surface area contributed by atoms with Gasteiger partial charge in [0.15, 0.2) is 0 Å². The van der Waals surface area contributed by atoms with Crippen molar-refractivity contribution in [2.75, 3.05) is 5.32 Å². The van der Waals surface area contributed by atoms with Gasteiger partial charge in [-0.3, -0.25) is 0 Å². The molecule has 0 bridgehead atoms. The van der Waals surface area contributed by atoms with Crippen molar-refractivity contribution in [3.8, 4) is 11.8 Å². The van der Waals surface area contributed by atoms with E-state index in [0.717, 1.165) is 22.1 Å². The molecule has 5 nitrogen and oxygen atoms in total. The number of hydrogen-bond acceptors (Lipinski definition) is 5. The molecule has 1 aliphatic rings. The highest BCUT2D eigenvalue weighted by molar-refractivity contribution is 7.09. The Hall–Kier alpha value is -2.60. The van der Waals surface area contributed by atoms with Gasteiger partial charge in [-0.25, -0.2) is 14.8 Å². The molecule has 0 unspecified atom stereocenters. The van der Waals surface area contributed by atoms with Crippen LogP contribution in [0.25, 0.3) is 0 Å². The second-order valence-electron chi connectivity index (χ2n) is 5.51. The number of carboxylic acid groups (broad SMARTS) is 1. The van der Waals surface area contributed by atoms with Crippen LogP contribution in [0.1, 0.15) is 35.5 Å². The first-order valence-corrected chi connectivity index (χ1v) is 8.59. The van der Waals surface area contributed by atoms with E-state index in [9.17, 15) is 13.2 Å². The van der Waals surface area contributed by atoms with Crippen LogP contribution in [-0.4, -0.2) is 33.3 Å². The third-order valence-corrected chi connectivity index (χ3v) is 4.19. The lowest BCUT2D eigenvalue weighted by atomic mass is 9.93. The summed E-state index contributed by atoms with van der Waals surface area (Å²) in [6, 6.07) is 4.61. The molecule has 1 saturated carbocycles. The van der Waals surface area contributed by atoms with Crippen LogP contribution in [0.2, 0.25) is 0 Å². The fourth-order valence-corrected chi connectivity index (χ4v) is 2.42. The van der Waals surface area contributed by atoms with Crippen molar-refractivity contribution in [1.82, 2.24) is 9.97 Å². The van der Waals surface area contributed by atoms with Crippen molar-refractivity contribution in [3.63, 3.8) is 0 Å². The van der Waals surface area contributed by atoms with E-state index in [1.165, 1.54) is 19.3 Å². The molecule has 0 saturated heterocycles. The molecule has 0 atom stereocenters. The number of aryl methyl sites for hydroxylation is 1. The summed E-state index contributed by atoms with van der Waals surface area (Å²) >= 11 is 1.62. The monoisotopic (exact) mass is 383 g/mol. The van der Waals surface area contributed by atoms with Gasteiger partial charge < -0.3 is 10.4 Å². The highest BCUT2D eigenvalue weighted by Gasteiger charge is 2.38. The number of hydrogen-bond donors (Lipinski definition) is 2. The average molecular weight is 383 g/mol. The number of anilines is 1. The van der Waals surface area contributed by atoms with E-state index < -0.39 is 12.1 Å². The van der Waals surface area contributed by atoms with Crippen molar-refractivity contribution in [3.05, 3.63) is 40.0 Å². The number of pyridine rings is 1. The summed E-state index contributed by atoms with van der Waals surface area (Å²) in [7, 11) is 0. The van der Waals surface area contributed by atoms with Crippen molar-refractivity contribution in [2.24, 2.45) is 0 Å². The minimum atomic E-state index is -5.08. The Bertz CT molecular complexity index is 803. The van der Waals surface area contributed by atoms with Crippen LogP contribution in [-0.2, 0) is 4.79 Å². The van der Waals surface area contributed by atoms with Crippen LogP contribution in [0.15, 0.2) is 23.7 Å². The minimum absolute atomic E-state index is 0.613. The molecule has 2 N–H and O–H groups in total. The molecule has 1 fully saturated rings. The molecule has 26 heavy (non-hydrogen) atoms. The molecule has 0 radical (unpaired) electrons.